The highest BCUT2D eigenvalue weighted by molar-refractivity contribution is 9.08. The molecule has 1 aromatic heterocycles. The Morgan fingerprint density at radius 3 is 2.75 bits per heavy atom. The molecule has 0 saturated carbocycles. The second-order valence-electron chi connectivity index (χ2n) is 5.12. The zero-order valence-electron chi connectivity index (χ0n) is 12.4. The van der Waals surface area contributed by atoms with Gasteiger partial charge in [-0.25, -0.2) is 4.39 Å². The molecule has 3 N–H and O–H groups in total. The predicted octanol–water partition coefficient (Wildman–Crippen LogP) is 4.28. The van der Waals surface area contributed by atoms with Crippen LogP contribution in [0.5, 0.6) is 0 Å². The van der Waals surface area contributed by atoms with Crippen LogP contribution in [-0.4, -0.2) is 16.1 Å². The van der Waals surface area contributed by atoms with Crippen LogP contribution in [0.4, 0.5) is 15.8 Å². The third-order valence-electron chi connectivity index (χ3n) is 3.50. The number of rotatable bonds is 5. The van der Waals surface area contributed by atoms with E-state index in [4.69, 9.17) is 5.73 Å². The standard InChI is InChI=1S/C17H13BrFN4O/c18-8-11-9-21-23-16(11)10-2-1-3-12(6-10)22-13-4-5-14(17(20)24)15(19)7-13/h1-7,9,20,22H,8H2,(H,21,23). The molecule has 5 nitrogen and oxygen atoms in total. The first-order valence-corrected chi connectivity index (χ1v) is 8.22. The van der Waals surface area contributed by atoms with Gasteiger partial charge in [-0.05, 0) is 30.3 Å². The Hall–Kier alpha value is -2.67. The maximum atomic E-state index is 13.8. The van der Waals surface area contributed by atoms with Crippen molar-refractivity contribution < 1.29 is 9.18 Å². The molecule has 0 aliphatic heterocycles. The number of anilines is 2. The van der Waals surface area contributed by atoms with Crippen LogP contribution in [0, 0.1) is 5.82 Å². The van der Waals surface area contributed by atoms with Gasteiger partial charge in [0.05, 0.1) is 11.3 Å². The number of alkyl halides is 1. The summed E-state index contributed by atoms with van der Waals surface area (Å²) in [6, 6.07) is 11.6. The van der Waals surface area contributed by atoms with Gasteiger partial charge in [0.25, 0.3) is 5.91 Å². The van der Waals surface area contributed by atoms with E-state index in [2.05, 4.69) is 31.4 Å². The van der Waals surface area contributed by atoms with Gasteiger partial charge in [-0.3, -0.25) is 15.6 Å². The summed E-state index contributed by atoms with van der Waals surface area (Å²) in [6.45, 7) is 0. The van der Waals surface area contributed by atoms with Crippen molar-refractivity contribution in [3.63, 3.8) is 0 Å². The van der Waals surface area contributed by atoms with E-state index in [-0.39, 0.29) is 5.56 Å². The molecule has 24 heavy (non-hydrogen) atoms. The molecule has 0 atom stereocenters. The normalized spacial score (nSPS) is 10.6. The van der Waals surface area contributed by atoms with E-state index in [9.17, 15) is 9.18 Å². The number of nitrogens with one attached hydrogen (secondary N) is 3. The first-order chi connectivity index (χ1) is 11.6. The van der Waals surface area contributed by atoms with Crippen molar-refractivity contribution in [1.29, 1.82) is 0 Å². The molecule has 0 aliphatic rings. The SMILES string of the molecule is [NH]C(=O)c1ccc(Nc2cccc(-c3n[nH]cc3CBr)c2)cc1F. The number of hydrogen-bond acceptors (Lipinski definition) is 3. The lowest BCUT2D eigenvalue weighted by Gasteiger charge is -2.09. The van der Waals surface area contributed by atoms with Crippen molar-refractivity contribution in [2.75, 3.05) is 5.32 Å². The maximum absolute atomic E-state index is 13.8. The molecule has 1 heterocycles. The number of carbonyl (C=O) groups is 1. The lowest BCUT2D eigenvalue weighted by atomic mass is 10.1. The highest BCUT2D eigenvalue weighted by atomic mass is 79.9. The number of aromatic nitrogens is 2. The summed E-state index contributed by atoms with van der Waals surface area (Å²) in [5.74, 6) is -1.76. The molecular weight excluding hydrogens is 375 g/mol. The summed E-state index contributed by atoms with van der Waals surface area (Å²) < 4.78 is 13.8. The minimum absolute atomic E-state index is 0.243. The largest absolute Gasteiger partial charge is 0.355 e. The number of halogens is 2. The van der Waals surface area contributed by atoms with E-state index < -0.39 is 11.7 Å². The lowest BCUT2D eigenvalue weighted by Crippen LogP contribution is -2.03. The Morgan fingerprint density at radius 1 is 1.25 bits per heavy atom. The molecule has 0 spiro atoms. The Bertz CT molecular complexity index is 894. The molecule has 3 rings (SSSR count). The van der Waals surface area contributed by atoms with Crippen LogP contribution in [-0.2, 0) is 5.33 Å². The summed E-state index contributed by atoms with van der Waals surface area (Å²) >= 11 is 3.42. The summed E-state index contributed by atoms with van der Waals surface area (Å²) in [7, 11) is 0. The third kappa shape index (κ3) is 3.30. The van der Waals surface area contributed by atoms with Crippen LogP contribution in [0.1, 0.15) is 15.9 Å². The Balaban J connectivity index is 1.88. The molecule has 1 radical (unpaired) electrons. The highest BCUT2D eigenvalue weighted by Gasteiger charge is 2.11. The van der Waals surface area contributed by atoms with Crippen LogP contribution in [0.25, 0.3) is 11.3 Å². The van der Waals surface area contributed by atoms with Crippen molar-refractivity contribution in [3.05, 3.63) is 65.6 Å². The summed E-state index contributed by atoms with van der Waals surface area (Å²) in [5, 5.41) is 10.9. The van der Waals surface area contributed by atoms with E-state index in [1.54, 1.807) is 6.07 Å². The molecule has 1 amide bonds. The molecule has 7 heteroatoms. The lowest BCUT2D eigenvalue weighted by molar-refractivity contribution is 0.0988. The van der Waals surface area contributed by atoms with Crippen molar-refractivity contribution in [2.45, 2.75) is 5.33 Å². The molecule has 0 unspecified atom stereocenters. The second-order valence-corrected chi connectivity index (χ2v) is 5.68. The molecule has 3 aromatic rings. The van der Waals surface area contributed by atoms with Gasteiger partial charge in [-0.1, -0.05) is 28.1 Å². The Morgan fingerprint density at radius 2 is 2.04 bits per heavy atom. The van der Waals surface area contributed by atoms with Gasteiger partial charge in [0.1, 0.15) is 5.82 Å². The fourth-order valence-corrected chi connectivity index (χ4v) is 2.78. The monoisotopic (exact) mass is 387 g/mol. The van der Waals surface area contributed by atoms with Crippen LogP contribution < -0.4 is 11.1 Å². The van der Waals surface area contributed by atoms with Crippen LogP contribution in [0.3, 0.4) is 0 Å². The summed E-state index contributed by atoms with van der Waals surface area (Å²) in [6.07, 6.45) is 1.83. The first kappa shape index (κ1) is 16.2. The molecule has 0 fully saturated rings. The van der Waals surface area contributed by atoms with E-state index in [1.165, 1.54) is 12.1 Å². The van der Waals surface area contributed by atoms with Gasteiger partial charge >= 0.3 is 0 Å². The van der Waals surface area contributed by atoms with Gasteiger partial charge in [0, 0.05) is 34.0 Å². The minimum Gasteiger partial charge on any atom is -0.355 e. The molecule has 121 valence electrons. The average Bonchev–Trinajstić information content (AvgIpc) is 3.03. The number of nitrogens with zero attached hydrogens (tertiary/aromatic N) is 1. The zero-order chi connectivity index (χ0) is 17.1. The number of carbonyl (C=O) groups excluding carboxylic acids is 1. The quantitative estimate of drug-likeness (QED) is 0.641. The van der Waals surface area contributed by atoms with Crippen molar-refractivity contribution in [1.82, 2.24) is 15.9 Å². The average molecular weight is 388 g/mol. The van der Waals surface area contributed by atoms with E-state index in [0.29, 0.717) is 11.0 Å². The molecule has 2 aromatic carbocycles. The third-order valence-corrected chi connectivity index (χ3v) is 4.11. The Labute approximate surface area is 146 Å². The highest BCUT2D eigenvalue weighted by Crippen LogP contribution is 2.27. The van der Waals surface area contributed by atoms with E-state index >= 15 is 0 Å². The zero-order valence-corrected chi connectivity index (χ0v) is 14.0. The van der Waals surface area contributed by atoms with Crippen molar-refractivity contribution in [3.8, 4) is 11.3 Å². The minimum atomic E-state index is -1.04. The molecular formula is C17H13BrFN4O. The maximum Gasteiger partial charge on any atom is 0.272 e. The smallest absolute Gasteiger partial charge is 0.272 e. The number of benzene rings is 2. The van der Waals surface area contributed by atoms with Crippen LogP contribution >= 0.6 is 15.9 Å². The second kappa shape index (κ2) is 6.84. The van der Waals surface area contributed by atoms with Gasteiger partial charge in [0.2, 0.25) is 0 Å². The Kier molecular flexibility index (Phi) is 4.61. The summed E-state index contributed by atoms with van der Waals surface area (Å²) in [5.41, 5.74) is 10.8. The topological polar surface area (TPSA) is 81.6 Å². The number of aromatic amines is 1. The summed E-state index contributed by atoms with van der Waals surface area (Å²) in [4.78, 5) is 11.0. The molecule has 0 saturated heterocycles. The molecule has 0 aliphatic carbocycles. The van der Waals surface area contributed by atoms with Gasteiger partial charge in [-0.2, -0.15) is 5.10 Å². The number of amides is 1. The first-order valence-electron chi connectivity index (χ1n) is 7.10. The van der Waals surface area contributed by atoms with Gasteiger partial charge in [0.15, 0.2) is 0 Å². The number of H-pyrrole nitrogens is 1. The fraction of sp³-hybridized carbons (Fsp3) is 0.0588. The van der Waals surface area contributed by atoms with Crippen LogP contribution in [0.15, 0.2) is 48.7 Å². The van der Waals surface area contributed by atoms with Crippen LogP contribution in [0.2, 0.25) is 0 Å². The van der Waals surface area contributed by atoms with E-state index in [0.717, 1.165) is 22.5 Å². The fourth-order valence-electron chi connectivity index (χ4n) is 2.35. The van der Waals surface area contributed by atoms with E-state index in [1.807, 2.05) is 30.5 Å². The number of hydrogen-bond donors (Lipinski definition) is 2. The predicted molar refractivity (Wildman–Crippen MR) is 93.8 cm³/mol. The van der Waals surface area contributed by atoms with Crippen molar-refractivity contribution >= 4 is 33.2 Å². The van der Waals surface area contributed by atoms with Gasteiger partial charge in [-0.15, -0.1) is 0 Å². The van der Waals surface area contributed by atoms with Crippen molar-refractivity contribution in [2.24, 2.45) is 0 Å². The molecule has 0 bridgehead atoms. The van der Waals surface area contributed by atoms with Gasteiger partial charge < -0.3 is 5.32 Å².